The standard InChI is InChI=1S/C14H17FN2OS/c1-2-12-10-7-19-13(16)17-14(10,8-18-12)9-5-3-4-6-11(9)15/h3-6,10,12H,2,7-8H2,1H3,(H2,16,17)/t10-,12-,14-/m1/s1. The van der Waals surface area contributed by atoms with E-state index < -0.39 is 5.54 Å². The van der Waals surface area contributed by atoms with Gasteiger partial charge in [0.15, 0.2) is 5.17 Å². The number of nitrogens with zero attached hydrogens (tertiary/aromatic N) is 1. The molecule has 0 spiro atoms. The van der Waals surface area contributed by atoms with Crippen molar-refractivity contribution in [3.05, 3.63) is 35.6 Å². The highest BCUT2D eigenvalue weighted by molar-refractivity contribution is 8.13. The Morgan fingerprint density at radius 2 is 2.32 bits per heavy atom. The molecule has 2 N–H and O–H groups in total. The molecule has 1 saturated heterocycles. The van der Waals surface area contributed by atoms with Crippen molar-refractivity contribution < 1.29 is 9.13 Å². The summed E-state index contributed by atoms with van der Waals surface area (Å²) in [4.78, 5) is 4.60. The van der Waals surface area contributed by atoms with Crippen LogP contribution in [0.25, 0.3) is 0 Å². The maximum absolute atomic E-state index is 14.2. The summed E-state index contributed by atoms with van der Waals surface area (Å²) in [6.07, 6.45) is 1.04. The van der Waals surface area contributed by atoms with E-state index in [0.29, 0.717) is 17.3 Å². The maximum Gasteiger partial charge on any atom is 0.154 e. The van der Waals surface area contributed by atoms with E-state index in [4.69, 9.17) is 10.5 Å². The number of halogens is 1. The molecule has 2 aliphatic heterocycles. The first-order valence-electron chi connectivity index (χ1n) is 6.52. The van der Waals surface area contributed by atoms with Gasteiger partial charge in [0.2, 0.25) is 0 Å². The van der Waals surface area contributed by atoms with Gasteiger partial charge in [0.25, 0.3) is 0 Å². The fraction of sp³-hybridized carbons (Fsp3) is 0.500. The highest BCUT2D eigenvalue weighted by Gasteiger charge is 2.53. The SMILES string of the molecule is CC[C@H]1OC[C@]2(c3ccccc3F)N=C(N)SC[C@H]12. The van der Waals surface area contributed by atoms with Crippen LogP contribution < -0.4 is 5.73 Å². The molecule has 0 radical (unpaired) electrons. The summed E-state index contributed by atoms with van der Waals surface area (Å²) in [6, 6.07) is 6.82. The van der Waals surface area contributed by atoms with E-state index in [1.165, 1.54) is 17.8 Å². The highest BCUT2D eigenvalue weighted by Crippen LogP contribution is 2.48. The van der Waals surface area contributed by atoms with Crippen LogP contribution in [0.15, 0.2) is 29.3 Å². The molecule has 0 aliphatic carbocycles. The minimum Gasteiger partial charge on any atom is -0.379 e. The molecule has 2 aliphatic rings. The minimum atomic E-state index is -0.638. The predicted molar refractivity (Wildman–Crippen MR) is 75.7 cm³/mol. The van der Waals surface area contributed by atoms with Crippen LogP contribution in [-0.2, 0) is 10.3 Å². The third-order valence-corrected chi connectivity index (χ3v) is 4.96. The molecule has 1 fully saturated rings. The summed E-state index contributed by atoms with van der Waals surface area (Å²) in [5.74, 6) is 0.797. The van der Waals surface area contributed by atoms with Gasteiger partial charge in [-0.05, 0) is 12.5 Å². The quantitative estimate of drug-likeness (QED) is 0.905. The smallest absolute Gasteiger partial charge is 0.154 e. The largest absolute Gasteiger partial charge is 0.379 e. The number of aliphatic imine (C=N–C) groups is 1. The number of thioether (sulfide) groups is 1. The molecule has 0 saturated carbocycles. The van der Waals surface area contributed by atoms with Gasteiger partial charge in [-0.1, -0.05) is 36.9 Å². The predicted octanol–water partition coefficient (Wildman–Crippen LogP) is 2.51. The van der Waals surface area contributed by atoms with Crippen LogP contribution in [0.3, 0.4) is 0 Å². The van der Waals surface area contributed by atoms with Crippen molar-refractivity contribution in [3.63, 3.8) is 0 Å². The summed E-state index contributed by atoms with van der Waals surface area (Å²) in [5.41, 5.74) is 5.86. The second-order valence-electron chi connectivity index (χ2n) is 5.03. The zero-order chi connectivity index (χ0) is 13.5. The third kappa shape index (κ3) is 1.96. The number of amidine groups is 1. The van der Waals surface area contributed by atoms with Crippen molar-refractivity contribution in [1.29, 1.82) is 0 Å². The first kappa shape index (κ1) is 12.9. The summed E-state index contributed by atoms with van der Waals surface area (Å²) in [6.45, 7) is 2.51. The molecular weight excluding hydrogens is 263 g/mol. The van der Waals surface area contributed by atoms with E-state index in [1.807, 2.05) is 6.07 Å². The van der Waals surface area contributed by atoms with Gasteiger partial charge in [-0.25, -0.2) is 9.38 Å². The summed E-state index contributed by atoms with van der Waals surface area (Å²) in [7, 11) is 0. The van der Waals surface area contributed by atoms with Crippen molar-refractivity contribution in [1.82, 2.24) is 0 Å². The van der Waals surface area contributed by atoms with Crippen molar-refractivity contribution >= 4 is 16.9 Å². The molecule has 1 aromatic rings. The number of hydrogen-bond acceptors (Lipinski definition) is 4. The molecular formula is C14H17FN2OS. The Labute approximate surface area is 116 Å². The lowest BCUT2D eigenvalue weighted by Gasteiger charge is -2.35. The van der Waals surface area contributed by atoms with Crippen LogP contribution in [0, 0.1) is 11.7 Å². The van der Waals surface area contributed by atoms with Gasteiger partial charge in [-0.2, -0.15) is 0 Å². The van der Waals surface area contributed by atoms with Gasteiger partial charge in [0.1, 0.15) is 11.4 Å². The Morgan fingerprint density at radius 1 is 1.53 bits per heavy atom. The number of nitrogens with two attached hydrogens (primary N) is 1. The Kier molecular flexibility index (Phi) is 3.27. The minimum absolute atomic E-state index is 0.129. The summed E-state index contributed by atoms with van der Waals surface area (Å²) >= 11 is 1.54. The molecule has 19 heavy (non-hydrogen) atoms. The Morgan fingerprint density at radius 3 is 3.05 bits per heavy atom. The summed E-state index contributed by atoms with van der Waals surface area (Å²) in [5, 5.41) is 0.528. The maximum atomic E-state index is 14.2. The van der Waals surface area contributed by atoms with Gasteiger partial charge < -0.3 is 10.5 Å². The van der Waals surface area contributed by atoms with Crippen LogP contribution in [0.2, 0.25) is 0 Å². The lowest BCUT2D eigenvalue weighted by molar-refractivity contribution is 0.0904. The molecule has 1 aromatic carbocycles. The molecule has 2 heterocycles. The van der Waals surface area contributed by atoms with Crippen LogP contribution in [0.1, 0.15) is 18.9 Å². The van der Waals surface area contributed by atoms with Crippen LogP contribution in [0.5, 0.6) is 0 Å². The zero-order valence-electron chi connectivity index (χ0n) is 10.8. The van der Waals surface area contributed by atoms with Crippen molar-refractivity contribution in [2.75, 3.05) is 12.4 Å². The normalized spacial score (nSPS) is 33.9. The molecule has 3 rings (SSSR count). The topological polar surface area (TPSA) is 47.6 Å². The molecule has 5 heteroatoms. The van der Waals surface area contributed by atoms with Gasteiger partial charge in [0, 0.05) is 17.2 Å². The number of fused-ring (bicyclic) bond motifs is 1. The Bertz CT molecular complexity index is 522. The van der Waals surface area contributed by atoms with Crippen molar-refractivity contribution in [2.24, 2.45) is 16.6 Å². The molecule has 3 atom stereocenters. The van der Waals surface area contributed by atoms with Crippen molar-refractivity contribution in [2.45, 2.75) is 25.0 Å². The van der Waals surface area contributed by atoms with Crippen LogP contribution in [-0.4, -0.2) is 23.6 Å². The monoisotopic (exact) mass is 280 g/mol. The third-order valence-electron chi connectivity index (χ3n) is 4.04. The first-order chi connectivity index (χ1) is 9.17. The zero-order valence-corrected chi connectivity index (χ0v) is 11.6. The van der Waals surface area contributed by atoms with Gasteiger partial charge in [-0.15, -0.1) is 0 Å². The number of hydrogen-bond donors (Lipinski definition) is 1. The van der Waals surface area contributed by atoms with E-state index >= 15 is 0 Å². The lowest BCUT2D eigenvalue weighted by atomic mass is 9.78. The Balaban J connectivity index is 2.13. The van der Waals surface area contributed by atoms with Crippen LogP contribution >= 0.6 is 11.8 Å². The van der Waals surface area contributed by atoms with E-state index in [1.54, 1.807) is 12.1 Å². The van der Waals surface area contributed by atoms with E-state index in [9.17, 15) is 4.39 Å². The first-order valence-corrected chi connectivity index (χ1v) is 7.50. The van der Waals surface area contributed by atoms with Gasteiger partial charge in [-0.3, -0.25) is 0 Å². The second kappa shape index (κ2) is 4.80. The molecule has 0 aromatic heterocycles. The molecule has 0 unspecified atom stereocenters. The Hall–Kier alpha value is -1.07. The van der Waals surface area contributed by atoms with Gasteiger partial charge in [0.05, 0.1) is 12.7 Å². The summed E-state index contributed by atoms with van der Waals surface area (Å²) < 4.78 is 20.1. The average molecular weight is 280 g/mol. The van der Waals surface area contributed by atoms with E-state index in [0.717, 1.165) is 12.2 Å². The number of ether oxygens (including phenoxy) is 1. The lowest BCUT2D eigenvalue weighted by Crippen LogP contribution is -2.42. The average Bonchev–Trinajstić information content (AvgIpc) is 2.77. The highest BCUT2D eigenvalue weighted by atomic mass is 32.2. The van der Waals surface area contributed by atoms with Crippen molar-refractivity contribution in [3.8, 4) is 0 Å². The molecule has 0 amide bonds. The van der Waals surface area contributed by atoms with E-state index in [2.05, 4.69) is 11.9 Å². The van der Waals surface area contributed by atoms with Gasteiger partial charge >= 0.3 is 0 Å². The molecule has 3 nitrogen and oxygen atoms in total. The van der Waals surface area contributed by atoms with Crippen LogP contribution in [0.4, 0.5) is 4.39 Å². The molecule has 0 bridgehead atoms. The molecule has 102 valence electrons. The number of rotatable bonds is 2. The second-order valence-corrected chi connectivity index (χ2v) is 6.07. The fourth-order valence-electron chi connectivity index (χ4n) is 3.08. The van der Waals surface area contributed by atoms with E-state index in [-0.39, 0.29) is 17.8 Å². The fourth-order valence-corrected chi connectivity index (χ4v) is 4.15. The number of benzene rings is 1.